The Morgan fingerprint density at radius 3 is 2.71 bits per heavy atom. The molecule has 4 rings (SSSR count). The van der Waals surface area contributed by atoms with Crippen LogP contribution in [0.1, 0.15) is 23.2 Å². The number of nitrogens with one attached hydrogen (secondary N) is 1. The zero-order valence-corrected chi connectivity index (χ0v) is 11.7. The second kappa shape index (κ2) is 4.43. The Balaban J connectivity index is 1.53. The van der Waals surface area contributed by atoms with E-state index in [9.17, 15) is 4.79 Å². The maximum atomic E-state index is 12.6. The number of carbonyl (C=O) groups is 1. The Bertz CT molecular complexity index is 664. The number of aromatic amines is 1. The van der Waals surface area contributed by atoms with Gasteiger partial charge < -0.3 is 15.6 Å². The van der Waals surface area contributed by atoms with Crippen LogP contribution in [0.15, 0.2) is 36.8 Å². The predicted molar refractivity (Wildman–Crippen MR) is 79.6 cm³/mol. The first-order valence-corrected chi connectivity index (χ1v) is 7.33. The fourth-order valence-electron chi connectivity index (χ4n) is 3.43. The minimum atomic E-state index is -0.120. The third-order valence-corrected chi connectivity index (χ3v) is 4.93. The average Bonchev–Trinajstić information content (AvgIpc) is 3.10. The van der Waals surface area contributed by atoms with E-state index in [2.05, 4.69) is 9.97 Å². The van der Waals surface area contributed by atoms with Gasteiger partial charge in [0.25, 0.3) is 5.91 Å². The van der Waals surface area contributed by atoms with Crippen LogP contribution in [0.2, 0.25) is 0 Å². The third-order valence-electron chi connectivity index (χ3n) is 4.93. The summed E-state index contributed by atoms with van der Waals surface area (Å²) in [5.74, 6) is 0.580. The van der Waals surface area contributed by atoms with Gasteiger partial charge in [-0.3, -0.25) is 4.79 Å². The van der Waals surface area contributed by atoms with E-state index in [-0.39, 0.29) is 11.4 Å². The SMILES string of the molecule is N[C@]12CC[C@H]1CN(C(=O)c1ccc(-c3cnc[nH]3)cc1)C2. The number of rotatable bonds is 2. The molecule has 2 aliphatic rings. The van der Waals surface area contributed by atoms with Gasteiger partial charge in [0.1, 0.15) is 0 Å². The minimum absolute atomic E-state index is 0.0883. The first-order chi connectivity index (χ1) is 10.2. The van der Waals surface area contributed by atoms with Crippen molar-refractivity contribution in [1.29, 1.82) is 0 Å². The molecule has 1 aliphatic carbocycles. The van der Waals surface area contributed by atoms with Crippen molar-refractivity contribution >= 4 is 5.91 Å². The number of H-pyrrole nitrogens is 1. The molecule has 1 aromatic carbocycles. The molecule has 1 saturated carbocycles. The quantitative estimate of drug-likeness (QED) is 0.879. The number of hydrogen-bond donors (Lipinski definition) is 2. The molecule has 1 amide bonds. The highest BCUT2D eigenvalue weighted by atomic mass is 16.2. The van der Waals surface area contributed by atoms with Gasteiger partial charge in [0.15, 0.2) is 0 Å². The number of benzene rings is 1. The van der Waals surface area contributed by atoms with Crippen LogP contribution in [0, 0.1) is 5.92 Å². The Morgan fingerprint density at radius 2 is 2.19 bits per heavy atom. The molecule has 0 unspecified atom stereocenters. The largest absolute Gasteiger partial charge is 0.345 e. The summed E-state index contributed by atoms with van der Waals surface area (Å²) >= 11 is 0. The van der Waals surface area contributed by atoms with Crippen molar-refractivity contribution in [3.63, 3.8) is 0 Å². The van der Waals surface area contributed by atoms with Crippen LogP contribution < -0.4 is 5.73 Å². The normalized spacial score (nSPS) is 27.3. The zero-order valence-electron chi connectivity index (χ0n) is 11.7. The summed E-state index contributed by atoms with van der Waals surface area (Å²) in [5.41, 5.74) is 8.88. The molecule has 1 aliphatic heterocycles. The smallest absolute Gasteiger partial charge is 0.253 e. The molecular weight excluding hydrogens is 264 g/mol. The summed E-state index contributed by atoms with van der Waals surface area (Å²) in [5, 5.41) is 0. The number of aromatic nitrogens is 2. The minimum Gasteiger partial charge on any atom is -0.345 e. The van der Waals surface area contributed by atoms with Gasteiger partial charge in [-0.05, 0) is 36.5 Å². The van der Waals surface area contributed by atoms with Gasteiger partial charge in [0.2, 0.25) is 0 Å². The Kier molecular flexibility index (Phi) is 2.65. The van der Waals surface area contributed by atoms with Crippen LogP contribution in [0.25, 0.3) is 11.3 Å². The number of amides is 1. The van der Waals surface area contributed by atoms with Crippen LogP contribution in [-0.2, 0) is 0 Å². The van der Waals surface area contributed by atoms with Gasteiger partial charge in [0, 0.05) is 24.2 Å². The lowest BCUT2D eigenvalue weighted by molar-refractivity contribution is 0.0785. The molecular formula is C16H18N4O. The Labute approximate surface area is 123 Å². The van der Waals surface area contributed by atoms with Gasteiger partial charge in [-0.1, -0.05) is 12.1 Å². The summed E-state index contributed by atoms with van der Waals surface area (Å²) in [6, 6.07) is 7.65. The topological polar surface area (TPSA) is 75.0 Å². The van der Waals surface area contributed by atoms with E-state index in [1.54, 1.807) is 12.5 Å². The highest BCUT2D eigenvalue weighted by molar-refractivity contribution is 5.95. The molecule has 0 spiro atoms. The maximum Gasteiger partial charge on any atom is 0.253 e. The molecule has 2 atom stereocenters. The molecule has 3 N–H and O–H groups in total. The summed E-state index contributed by atoms with van der Waals surface area (Å²) in [6.07, 6.45) is 5.61. The monoisotopic (exact) mass is 282 g/mol. The van der Waals surface area contributed by atoms with Crippen molar-refractivity contribution in [2.24, 2.45) is 11.7 Å². The van der Waals surface area contributed by atoms with Crippen molar-refractivity contribution in [3.8, 4) is 11.3 Å². The van der Waals surface area contributed by atoms with Crippen LogP contribution in [0.4, 0.5) is 0 Å². The molecule has 1 aromatic heterocycles. The second-order valence-corrected chi connectivity index (χ2v) is 6.20. The van der Waals surface area contributed by atoms with Crippen molar-refractivity contribution in [3.05, 3.63) is 42.4 Å². The molecule has 21 heavy (non-hydrogen) atoms. The van der Waals surface area contributed by atoms with E-state index in [4.69, 9.17) is 5.73 Å². The van der Waals surface area contributed by atoms with Crippen LogP contribution in [-0.4, -0.2) is 39.4 Å². The van der Waals surface area contributed by atoms with E-state index in [0.717, 1.165) is 36.2 Å². The van der Waals surface area contributed by atoms with E-state index < -0.39 is 0 Å². The second-order valence-electron chi connectivity index (χ2n) is 6.20. The lowest BCUT2D eigenvalue weighted by atomic mass is 9.70. The third kappa shape index (κ3) is 1.96. The van der Waals surface area contributed by atoms with Gasteiger partial charge >= 0.3 is 0 Å². The molecule has 1 saturated heterocycles. The highest BCUT2D eigenvalue weighted by Crippen LogP contribution is 2.42. The fourth-order valence-corrected chi connectivity index (χ4v) is 3.43. The molecule has 0 radical (unpaired) electrons. The summed E-state index contributed by atoms with van der Waals surface area (Å²) in [6.45, 7) is 1.50. The number of imidazole rings is 1. The number of likely N-dealkylation sites (tertiary alicyclic amines) is 1. The molecule has 108 valence electrons. The van der Waals surface area contributed by atoms with Crippen molar-refractivity contribution in [2.75, 3.05) is 13.1 Å². The summed E-state index contributed by atoms with van der Waals surface area (Å²) in [4.78, 5) is 21.5. The van der Waals surface area contributed by atoms with E-state index >= 15 is 0 Å². The first kappa shape index (κ1) is 12.6. The van der Waals surface area contributed by atoms with Gasteiger partial charge in [-0.15, -0.1) is 0 Å². The zero-order chi connectivity index (χ0) is 14.4. The summed E-state index contributed by atoms with van der Waals surface area (Å²) in [7, 11) is 0. The molecule has 5 nitrogen and oxygen atoms in total. The van der Waals surface area contributed by atoms with Crippen LogP contribution in [0.3, 0.4) is 0 Å². The van der Waals surface area contributed by atoms with E-state index in [1.165, 1.54) is 0 Å². The molecule has 0 bridgehead atoms. The average molecular weight is 282 g/mol. The number of nitrogens with two attached hydrogens (primary N) is 1. The van der Waals surface area contributed by atoms with Gasteiger partial charge in [-0.25, -0.2) is 4.98 Å². The van der Waals surface area contributed by atoms with Crippen molar-refractivity contribution in [2.45, 2.75) is 18.4 Å². The molecule has 5 heteroatoms. The number of carbonyl (C=O) groups excluding carboxylic acids is 1. The standard InChI is InChI=1S/C16H18N4O/c17-16-6-5-13(16)8-20(9-16)15(21)12-3-1-11(2-4-12)14-7-18-10-19-14/h1-4,7,10,13H,5-6,8-9,17H2,(H,18,19)/t13-,16-/m0/s1. The number of hydrogen-bond acceptors (Lipinski definition) is 3. The Morgan fingerprint density at radius 1 is 1.38 bits per heavy atom. The summed E-state index contributed by atoms with van der Waals surface area (Å²) < 4.78 is 0. The first-order valence-electron chi connectivity index (χ1n) is 7.33. The molecule has 2 aromatic rings. The lowest BCUT2D eigenvalue weighted by Gasteiger charge is -2.39. The fraction of sp³-hybridized carbons (Fsp3) is 0.375. The van der Waals surface area contributed by atoms with E-state index in [1.807, 2.05) is 29.2 Å². The molecule has 2 heterocycles. The van der Waals surface area contributed by atoms with Crippen molar-refractivity contribution in [1.82, 2.24) is 14.9 Å². The predicted octanol–water partition coefficient (Wildman–Crippen LogP) is 1.64. The van der Waals surface area contributed by atoms with Gasteiger partial charge in [-0.2, -0.15) is 0 Å². The molecule has 2 fully saturated rings. The number of nitrogens with zero attached hydrogens (tertiary/aromatic N) is 2. The van der Waals surface area contributed by atoms with Crippen LogP contribution in [0.5, 0.6) is 0 Å². The van der Waals surface area contributed by atoms with Crippen molar-refractivity contribution < 1.29 is 4.79 Å². The lowest BCUT2D eigenvalue weighted by Crippen LogP contribution is -2.54. The Hall–Kier alpha value is -2.14. The van der Waals surface area contributed by atoms with Crippen LogP contribution >= 0.6 is 0 Å². The van der Waals surface area contributed by atoms with E-state index in [0.29, 0.717) is 12.5 Å². The highest BCUT2D eigenvalue weighted by Gasteiger charge is 2.51. The maximum absolute atomic E-state index is 12.6. The number of fused-ring (bicyclic) bond motifs is 1. The van der Waals surface area contributed by atoms with Gasteiger partial charge in [0.05, 0.1) is 18.2 Å².